The summed E-state index contributed by atoms with van der Waals surface area (Å²) in [7, 11) is 3.31. The molecule has 1 saturated carbocycles. The van der Waals surface area contributed by atoms with Gasteiger partial charge in [-0.05, 0) is 44.9 Å². The molecule has 2 aliphatic rings. The topological polar surface area (TPSA) is 70.1 Å². The number of ketones is 1. The van der Waals surface area contributed by atoms with E-state index >= 15 is 0 Å². The van der Waals surface area contributed by atoms with Crippen LogP contribution in [-0.2, 0) is 4.79 Å². The van der Waals surface area contributed by atoms with E-state index in [1.54, 1.807) is 43.3 Å². The van der Waals surface area contributed by atoms with E-state index in [1.165, 1.54) is 11.3 Å². The van der Waals surface area contributed by atoms with Crippen molar-refractivity contribution in [3.05, 3.63) is 29.8 Å². The number of hydrogen-bond acceptors (Lipinski definition) is 5. The third-order valence-corrected chi connectivity index (χ3v) is 6.16. The van der Waals surface area contributed by atoms with Gasteiger partial charge in [-0.2, -0.15) is 0 Å². The number of rotatable bonds is 5. The highest BCUT2D eigenvalue weighted by Gasteiger charge is 2.56. The summed E-state index contributed by atoms with van der Waals surface area (Å²) in [6.07, 6.45) is 4.31. The number of carbonyl (C=O) groups is 2. The van der Waals surface area contributed by atoms with Crippen LogP contribution >= 0.6 is 0 Å². The van der Waals surface area contributed by atoms with Crippen LogP contribution < -0.4 is 4.74 Å². The molecule has 2 fully saturated rings. The lowest BCUT2D eigenvalue weighted by atomic mass is 9.75. The highest BCUT2D eigenvalue weighted by molar-refractivity contribution is 6.01. The maximum atomic E-state index is 13.2. The molecule has 1 amide bonds. The highest BCUT2D eigenvalue weighted by Crippen LogP contribution is 2.41. The molecule has 2 unspecified atom stereocenters. The largest absolute Gasteiger partial charge is 0.497 e. The van der Waals surface area contributed by atoms with Gasteiger partial charge in [0.25, 0.3) is 0 Å². The fourth-order valence-corrected chi connectivity index (χ4v) is 4.32. The molecule has 1 aliphatic carbocycles. The molecule has 6 heteroatoms. The Kier molecular flexibility index (Phi) is 5.34. The summed E-state index contributed by atoms with van der Waals surface area (Å²) >= 11 is 0. The van der Waals surface area contributed by atoms with Gasteiger partial charge in [0.15, 0.2) is 12.1 Å². The average Bonchev–Trinajstić information content (AvgIpc) is 2.85. The Hall–Kier alpha value is -1.92. The van der Waals surface area contributed by atoms with Gasteiger partial charge in [0.1, 0.15) is 11.3 Å². The maximum Gasteiger partial charge on any atom is 0.246 e. The fourth-order valence-electron chi connectivity index (χ4n) is 4.32. The zero-order valence-corrected chi connectivity index (χ0v) is 15.8. The summed E-state index contributed by atoms with van der Waals surface area (Å²) in [4.78, 5) is 28.9. The van der Waals surface area contributed by atoms with Crippen LogP contribution in [0.3, 0.4) is 0 Å². The Bertz CT molecular complexity index is 686. The van der Waals surface area contributed by atoms with Crippen molar-refractivity contribution in [3.63, 3.8) is 0 Å². The Balaban J connectivity index is 1.79. The van der Waals surface area contributed by atoms with Gasteiger partial charge >= 0.3 is 0 Å². The maximum absolute atomic E-state index is 13.2. The summed E-state index contributed by atoms with van der Waals surface area (Å²) in [5.41, 5.74) is -0.285. The van der Waals surface area contributed by atoms with Crippen molar-refractivity contribution in [2.45, 2.75) is 50.9 Å². The number of benzene rings is 1. The minimum atomic E-state index is -1.08. The molecule has 0 bridgehead atoms. The zero-order chi connectivity index (χ0) is 18.9. The minimum absolute atomic E-state index is 0.139. The summed E-state index contributed by atoms with van der Waals surface area (Å²) in [5, 5.41) is 10.6. The molecule has 0 spiro atoms. The van der Waals surface area contributed by atoms with Crippen molar-refractivity contribution >= 4 is 11.7 Å². The molecule has 142 valence electrons. The van der Waals surface area contributed by atoms with Crippen molar-refractivity contribution in [1.82, 2.24) is 9.80 Å². The van der Waals surface area contributed by atoms with Crippen molar-refractivity contribution in [1.29, 1.82) is 0 Å². The number of Topliss-reactive ketones (excluding diaryl/α,β-unsaturated/α-hetero) is 1. The Morgan fingerprint density at radius 3 is 2.65 bits per heavy atom. The predicted molar refractivity (Wildman–Crippen MR) is 97.8 cm³/mol. The number of likely N-dealkylation sites (N-methyl/N-ethyl adjacent to an activating group) is 1. The molecular formula is C20H28N2O4. The Labute approximate surface area is 154 Å². The van der Waals surface area contributed by atoms with E-state index in [9.17, 15) is 14.7 Å². The van der Waals surface area contributed by atoms with Gasteiger partial charge in [-0.15, -0.1) is 0 Å². The Morgan fingerprint density at radius 1 is 1.31 bits per heavy atom. The summed E-state index contributed by atoms with van der Waals surface area (Å²) in [6.45, 7) is 1.77. The van der Waals surface area contributed by atoms with Gasteiger partial charge in [-0.25, -0.2) is 4.90 Å². The number of amides is 1. The molecule has 1 N–H and O–H groups in total. The molecule has 6 nitrogen and oxygen atoms in total. The van der Waals surface area contributed by atoms with E-state index in [0.717, 1.165) is 25.7 Å². The van der Waals surface area contributed by atoms with Gasteiger partial charge in [-0.1, -0.05) is 31.4 Å². The molecule has 0 aromatic heterocycles. The molecule has 1 aromatic rings. The van der Waals surface area contributed by atoms with Crippen LogP contribution in [0.15, 0.2) is 24.3 Å². The number of nitrogens with zero attached hydrogens (tertiary/aromatic N) is 2. The lowest BCUT2D eigenvalue weighted by molar-refractivity contribution is -0.137. The second-order valence-corrected chi connectivity index (χ2v) is 7.53. The van der Waals surface area contributed by atoms with E-state index in [-0.39, 0.29) is 24.2 Å². The minimum Gasteiger partial charge on any atom is -0.497 e. The molecule has 26 heavy (non-hydrogen) atoms. The summed E-state index contributed by atoms with van der Waals surface area (Å²) in [6, 6.07) is 6.86. The Morgan fingerprint density at radius 2 is 2.00 bits per heavy atom. The van der Waals surface area contributed by atoms with Crippen molar-refractivity contribution in [3.8, 4) is 5.75 Å². The third-order valence-electron chi connectivity index (χ3n) is 6.16. The number of carbonyl (C=O) groups excluding carboxylic acids is 2. The molecule has 0 radical (unpaired) electrons. The first-order chi connectivity index (χ1) is 12.4. The molecule has 1 aliphatic heterocycles. The molecule has 1 aromatic carbocycles. The first-order valence-electron chi connectivity index (χ1n) is 9.29. The lowest BCUT2D eigenvalue weighted by Gasteiger charge is -2.39. The first-order valence-corrected chi connectivity index (χ1v) is 9.29. The van der Waals surface area contributed by atoms with Crippen LogP contribution in [0.2, 0.25) is 0 Å². The number of aliphatic hydroxyl groups is 1. The second kappa shape index (κ2) is 7.37. The van der Waals surface area contributed by atoms with E-state index in [2.05, 4.69) is 0 Å². The standard InChI is InChI=1S/C20H28N2O4/c1-20(15-9-5-4-6-10-15)18(24)22(19(25)21(20)2)13-17(23)14-8-7-11-16(12-14)26-3/h7-8,11-12,15,19,25H,4-6,9-10,13H2,1-3H3. The summed E-state index contributed by atoms with van der Waals surface area (Å²) < 4.78 is 5.16. The van der Waals surface area contributed by atoms with Crippen molar-refractivity contribution in [2.75, 3.05) is 20.7 Å². The third kappa shape index (κ3) is 3.12. The second-order valence-electron chi connectivity index (χ2n) is 7.53. The predicted octanol–water partition coefficient (Wildman–Crippen LogP) is 2.27. The van der Waals surface area contributed by atoms with E-state index in [0.29, 0.717) is 11.3 Å². The molecule has 3 rings (SSSR count). The van der Waals surface area contributed by atoms with Gasteiger partial charge in [0, 0.05) is 5.56 Å². The quantitative estimate of drug-likeness (QED) is 0.816. The molecule has 2 atom stereocenters. The summed E-state index contributed by atoms with van der Waals surface area (Å²) in [5.74, 6) is 0.432. The van der Waals surface area contributed by atoms with E-state index in [4.69, 9.17) is 4.74 Å². The molecule has 1 saturated heterocycles. The van der Waals surface area contributed by atoms with Gasteiger partial charge in [0.2, 0.25) is 5.91 Å². The van der Waals surface area contributed by atoms with Crippen LogP contribution in [-0.4, -0.2) is 59.2 Å². The van der Waals surface area contributed by atoms with Gasteiger partial charge in [0.05, 0.1) is 13.7 Å². The number of aliphatic hydroxyl groups excluding tert-OH is 1. The van der Waals surface area contributed by atoms with Gasteiger partial charge in [-0.3, -0.25) is 14.5 Å². The fraction of sp³-hybridized carbons (Fsp3) is 0.600. The van der Waals surface area contributed by atoms with Gasteiger partial charge < -0.3 is 9.84 Å². The average molecular weight is 360 g/mol. The molecule has 1 heterocycles. The normalized spacial score (nSPS) is 27.8. The van der Waals surface area contributed by atoms with E-state index in [1.807, 2.05) is 6.92 Å². The number of ether oxygens (including phenoxy) is 1. The van der Waals surface area contributed by atoms with Crippen LogP contribution in [0, 0.1) is 5.92 Å². The number of methoxy groups -OCH3 is 1. The number of hydrogen-bond donors (Lipinski definition) is 1. The van der Waals surface area contributed by atoms with Crippen LogP contribution in [0.4, 0.5) is 0 Å². The van der Waals surface area contributed by atoms with Crippen LogP contribution in [0.25, 0.3) is 0 Å². The monoisotopic (exact) mass is 360 g/mol. The van der Waals surface area contributed by atoms with Crippen LogP contribution in [0.1, 0.15) is 49.4 Å². The highest BCUT2D eigenvalue weighted by atomic mass is 16.5. The zero-order valence-electron chi connectivity index (χ0n) is 15.8. The van der Waals surface area contributed by atoms with Crippen molar-refractivity contribution in [2.24, 2.45) is 5.92 Å². The SMILES string of the molecule is COc1cccc(C(=O)CN2C(=O)C(C)(C3CCCCC3)N(C)C2O)c1. The molecular weight excluding hydrogens is 332 g/mol. The first kappa shape index (κ1) is 18.9. The van der Waals surface area contributed by atoms with Crippen LogP contribution in [0.5, 0.6) is 5.75 Å². The smallest absolute Gasteiger partial charge is 0.246 e. The lowest BCUT2D eigenvalue weighted by Crippen LogP contribution is -2.52. The van der Waals surface area contributed by atoms with Crippen molar-refractivity contribution < 1.29 is 19.4 Å². The van der Waals surface area contributed by atoms with E-state index < -0.39 is 11.9 Å².